The van der Waals surface area contributed by atoms with Crippen molar-refractivity contribution >= 4 is 0 Å². The molecule has 1 aliphatic heterocycles. The highest BCUT2D eigenvalue weighted by molar-refractivity contribution is 5.45. The quantitative estimate of drug-likeness (QED) is 0.611. The van der Waals surface area contributed by atoms with Crippen LogP contribution in [0.3, 0.4) is 0 Å². The van der Waals surface area contributed by atoms with E-state index >= 15 is 0 Å². The van der Waals surface area contributed by atoms with Gasteiger partial charge in [0.15, 0.2) is 11.5 Å². The zero-order valence-electron chi connectivity index (χ0n) is 10.4. The van der Waals surface area contributed by atoms with Gasteiger partial charge in [-0.05, 0) is 24.6 Å². The molecule has 0 aromatic heterocycles. The zero-order chi connectivity index (χ0) is 12.8. The van der Waals surface area contributed by atoms with Crippen LogP contribution >= 0.6 is 0 Å². The van der Waals surface area contributed by atoms with Gasteiger partial charge < -0.3 is 19.9 Å². The van der Waals surface area contributed by atoms with Gasteiger partial charge in [-0.3, -0.25) is 0 Å². The summed E-state index contributed by atoms with van der Waals surface area (Å²) >= 11 is 0. The largest absolute Gasteiger partial charge is 0.454 e. The van der Waals surface area contributed by atoms with E-state index in [1.165, 1.54) is 0 Å². The van der Waals surface area contributed by atoms with E-state index in [0.717, 1.165) is 24.3 Å². The van der Waals surface area contributed by atoms with Crippen LogP contribution in [0.15, 0.2) is 18.2 Å². The summed E-state index contributed by atoms with van der Waals surface area (Å²) in [7, 11) is 0. The normalized spacial score (nSPS) is 13.9. The van der Waals surface area contributed by atoms with E-state index in [9.17, 15) is 5.11 Å². The van der Waals surface area contributed by atoms with Crippen molar-refractivity contribution in [3.8, 4) is 23.3 Å². The molecule has 1 aromatic carbocycles. The molecule has 4 heteroatoms. The van der Waals surface area contributed by atoms with E-state index in [-0.39, 0.29) is 6.79 Å². The number of hydrogen-bond acceptors (Lipinski definition) is 4. The minimum Gasteiger partial charge on any atom is -0.454 e. The van der Waals surface area contributed by atoms with Crippen LogP contribution in [0.4, 0.5) is 0 Å². The lowest BCUT2D eigenvalue weighted by Crippen LogP contribution is -2.22. The summed E-state index contributed by atoms with van der Waals surface area (Å²) in [6, 6.07) is 5.50. The molecule has 18 heavy (non-hydrogen) atoms. The number of hydrogen-bond donors (Lipinski definition) is 2. The first kappa shape index (κ1) is 12.7. The van der Waals surface area contributed by atoms with Gasteiger partial charge in [-0.25, -0.2) is 0 Å². The first-order valence-corrected chi connectivity index (χ1v) is 5.99. The molecule has 1 heterocycles. The smallest absolute Gasteiger partial charge is 0.231 e. The van der Waals surface area contributed by atoms with Crippen molar-refractivity contribution in [1.29, 1.82) is 0 Å². The molecule has 4 nitrogen and oxygen atoms in total. The Bertz CT molecular complexity index is 462. The number of aliphatic hydroxyl groups is 1. The number of nitrogens with one attached hydrogen (secondary N) is 1. The number of fused-ring (bicyclic) bond motifs is 1. The van der Waals surface area contributed by atoms with Gasteiger partial charge in [-0.15, -0.1) is 11.8 Å². The molecule has 0 fully saturated rings. The highest BCUT2D eigenvalue weighted by atomic mass is 16.7. The van der Waals surface area contributed by atoms with E-state index in [1.54, 1.807) is 0 Å². The fourth-order valence-electron chi connectivity index (χ4n) is 1.75. The maximum Gasteiger partial charge on any atom is 0.231 e. The Morgan fingerprint density at radius 1 is 1.39 bits per heavy atom. The minimum absolute atomic E-state index is 0.253. The molecule has 0 saturated heterocycles. The van der Waals surface area contributed by atoms with Gasteiger partial charge in [0.1, 0.15) is 0 Å². The summed E-state index contributed by atoms with van der Waals surface area (Å²) in [5, 5.41) is 13.2. The SMILES string of the molecule is CC#CCCNCC(O)c1ccc2c(c1)OCO2. The van der Waals surface area contributed by atoms with Gasteiger partial charge in [-0.2, -0.15) is 0 Å². The number of benzene rings is 1. The molecular formula is C14H17NO3. The van der Waals surface area contributed by atoms with Crippen LogP contribution in [0, 0.1) is 11.8 Å². The van der Waals surface area contributed by atoms with E-state index in [1.807, 2.05) is 25.1 Å². The van der Waals surface area contributed by atoms with E-state index in [0.29, 0.717) is 12.3 Å². The van der Waals surface area contributed by atoms with Crippen molar-refractivity contribution in [3.63, 3.8) is 0 Å². The van der Waals surface area contributed by atoms with Crippen LogP contribution in [0.5, 0.6) is 11.5 Å². The standard InChI is InChI=1S/C14H17NO3/c1-2-3-4-7-15-9-12(16)11-5-6-13-14(8-11)18-10-17-13/h5-6,8,12,15-16H,4,7,9-10H2,1H3. The van der Waals surface area contributed by atoms with Gasteiger partial charge in [0.2, 0.25) is 6.79 Å². The van der Waals surface area contributed by atoms with Gasteiger partial charge in [0.05, 0.1) is 6.10 Å². The predicted molar refractivity (Wildman–Crippen MR) is 68.5 cm³/mol. The van der Waals surface area contributed by atoms with Crippen molar-refractivity contribution < 1.29 is 14.6 Å². The van der Waals surface area contributed by atoms with E-state index in [4.69, 9.17) is 9.47 Å². The van der Waals surface area contributed by atoms with Crippen LogP contribution in [-0.2, 0) is 0 Å². The fourth-order valence-corrected chi connectivity index (χ4v) is 1.75. The Hall–Kier alpha value is -1.70. The molecule has 0 spiro atoms. The summed E-state index contributed by atoms with van der Waals surface area (Å²) in [4.78, 5) is 0. The minimum atomic E-state index is -0.547. The summed E-state index contributed by atoms with van der Waals surface area (Å²) in [5.41, 5.74) is 0.827. The lowest BCUT2D eigenvalue weighted by Gasteiger charge is -2.12. The van der Waals surface area contributed by atoms with Gasteiger partial charge in [-0.1, -0.05) is 6.07 Å². The Labute approximate surface area is 107 Å². The summed E-state index contributed by atoms with van der Waals surface area (Å²) in [6.45, 7) is 3.36. The predicted octanol–water partition coefficient (Wildman–Crippen LogP) is 1.45. The van der Waals surface area contributed by atoms with Crippen LogP contribution in [0.2, 0.25) is 0 Å². The molecule has 0 aliphatic carbocycles. The first-order chi connectivity index (χ1) is 8.81. The van der Waals surface area contributed by atoms with Gasteiger partial charge in [0.25, 0.3) is 0 Å². The first-order valence-electron chi connectivity index (χ1n) is 5.99. The summed E-state index contributed by atoms with van der Waals surface area (Å²) in [5.74, 6) is 7.23. The van der Waals surface area contributed by atoms with Crippen molar-refractivity contribution in [2.75, 3.05) is 19.9 Å². The molecular weight excluding hydrogens is 230 g/mol. The Morgan fingerprint density at radius 3 is 3.06 bits per heavy atom. The molecule has 0 radical (unpaired) electrons. The topological polar surface area (TPSA) is 50.7 Å². The summed E-state index contributed by atoms with van der Waals surface area (Å²) in [6.07, 6.45) is 0.249. The number of aliphatic hydroxyl groups excluding tert-OH is 1. The monoisotopic (exact) mass is 247 g/mol. The highest BCUT2D eigenvalue weighted by Gasteiger charge is 2.16. The molecule has 96 valence electrons. The van der Waals surface area contributed by atoms with Crippen molar-refractivity contribution in [2.24, 2.45) is 0 Å². The third-order valence-electron chi connectivity index (χ3n) is 2.72. The lowest BCUT2D eigenvalue weighted by molar-refractivity contribution is 0.170. The molecule has 1 aliphatic rings. The van der Waals surface area contributed by atoms with Crippen molar-refractivity contribution in [3.05, 3.63) is 23.8 Å². The molecule has 1 aromatic rings. The molecule has 0 bridgehead atoms. The van der Waals surface area contributed by atoms with E-state index in [2.05, 4.69) is 17.2 Å². The Morgan fingerprint density at radius 2 is 2.22 bits per heavy atom. The average Bonchev–Trinajstić information content (AvgIpc) is 2.85. The Kier molecular flexibility index (Phi) is 4.46. The maximum absolute atomic E-state index is 10.0. The van der Waals surface area contributed by atoms with Crippen LogP contribution < -0.4 is 14.8 Å². The van der Waals surface area contributed by atoms with E-state index < -0.39 is 6.10 Å². The van der Waals surface area contributed by atoms with Gasteiger partial charge >= 0.3 is 0 Å². The maximum atomic E-state index is 10.0. The highest BCUT2D eigenvalue weighted by Crippen LogP contribution is 2.33. The van der Waals surface area contributed by atoms with Gasteiger partial charge in [0, 0.05) is 19.5 Å². The fraction of sp³-hybridized carbons (Fsp3) is 0.429. The van der Waals surface area contributed by atoms with Crippen molar-refractivity contribution in [1.82, 2.24) is 5.32 Å². The summed E-state index contributed by atoms with van der Waals surface area (Å²) < 4.78 is 10.5. The molecule has 1 atom stereocenters. The van der Waals surface area contributed by atoms with Crippen LogP contribution in [0.1, 0.15) is 25.0 Å². The number of ether oxygens (including phenoxy) is 2. The number of rotatable bonds is 5. The Balaban J connectivity index is 1.84. The molecule has 1 unspecified atom stereocenters. The third kappa shape index (κ3) is 3.16. The molecule has 2 rings (SSSR count). The average molecular weight is 247 g/mol. The van der Waals surface area contributed by atoms with Crippen LogP contribution in [0.25, 0.3) is 0 Å². The zero-order valence-corrected chi connectivity index (χ0v) is 10.4. The second kappa shape index (κ2) is 6.29. The molecule has 0 amide bonds. The third-order valence-corrected chi connectivity index (χ3v) is 2.72. The second-order valence-electron chi connectivity index (χ2n) is 4.01. The second-order valence-corrected chi connectivity index (χ2v) is 4.01. The molecule has 0 saturated carbocycles. The van der Waals surface area contributed by atoms with Crippen molar-refractivity contribution in [2.45, 2.75) is 19.4 Å². The lowest BCUT2D eigenvalue weighted by atomic mass is 10.1. The molecule has 2 N–H and O–H groups in total. The van der Waals surface area contributed by atoms with Crippen LogP contribution in [-0.4, -0.2) is 25.0 Å².